The van der Waals surface area contributed by atoms with Gasteiger partial charge in [0.1, 0.15) is 11.8 Å². The van der Waals surface area contributed by atoms with E-state index in [0.29, 0.717) is 16.9 Å². The van der Waals surface area contributed by atoms with E-state index < -0.39 is 29.6 Å². The number of halogens is 3. The van der Waals surface area contributed by atoms with Gasteiger partial charge in [0.15, 0.2) is 6.61 Å². The fraction of sp³-hybridized carbons (Fsp3) is 0.214. The van der Waals surface area contributed by atoms with E-state index in [2.05, 4.69) is 5.32 Å². The molecule has 5 rings (SSSR count). The summed E-state index contributed by atoms with van der Waals surface area (Å²) in [5.41, 5.74) is 0.733. The number of piperazine rings is 1. The Labute approximate surface area is 221 Å². The van der Waals surface area contributed by atoms with E-state index in [1.54, 1.807) is 30.3 Å². The maximum Gasteiger partial charge on any atom is 0.416 e. The maximum atomic E-state index is 13.5. The van der Waals surface area contributed by atoms with Gasteiger partial charge in [-0.3, -0.25) is 14.4 Å². The minimum Gasteiger partial charge on any atom is -0.484 e. The Bertz CT molecular complexity index is 1500. The SMILES string of the molecule is N#Cc1ccc(OCC(=O)N2CCN3C(=O)c4cc(-c5cccc(C(F)(F)F)c5)ccc4NC(=O)C3C2)cc1. The number of rotatable bonds is 4. The number of nitrogens with one attached hydrogen (secondary N) is 1. The third-order valence-electron chi connectivity index (χ3n) is 6.67. The molecule has 2 aliphatic heterocycles. The summed E-state index contributed by atoms with van der Waals surface area (Å²) >= 11 is 0. The molecule has 0 aliphatic carbocycles. The van der Waals surface area contributed by atoms with Crippen molar-refractivity contribution in [2.75, 3.05) is 31.6 Å². The van der Waals surface area contributed by atoms with Crippen LogP contribution in [-0.4, -0.2) is 59.8 Å². The third-order valence-corrected chi connectivity index (χ3v) is 6.67. The van der Waals surface area contributed by atoms with Gasteiger partial charge in [-0.05, 0) is 59.7 Å². The van der Waals surface area contributed by atoms with Gasteiger partial charge in [0, 0.05) is 13.1 Å². The van der Waals surface area contributed by atoms with E-state index >= 15 is 0 Å². The van der Waals surface area contributed by atoms with Crippen molar-refractivity contribution in [2.45, 2.75) is 12.2 Å². The molecule has 1 N–H and O–H groups in total. The quantitative estimate of drug-likeness (QED) is 0.547. The van der Waals surface area contributed by atoms with Gasteiger partial charge in [-0.1, -0.05) is 18.2 Å². The molecule has 8 nitrogen and oxygen atoms in total. The first-order chi connectivity index (χ1) is 18.6. The molecule has 0 saturated carbocycles. The fourth-order valence-corrected chi connectivity index (χ4v) is 4.59. The summed E-state index contributed by atoms with van der Waals surface area (Å²) in [5, 5.41) is 11.6. The van der Waals surface area contributed by atoms with E-state index in [9.17, 15) is 27.6 Å². The molecule has 198 valence electrons. The summed E-state index contributed by atoms with van der Waals surface area (Å²) in [4.78, 5) is 42.1. The Hall–Kier alpha value is -4.85. The summed E-state index contributed by atoms with van der Waals surface area (Å²) < 4.78 is 45.1. The predicted molar refractivity (Wildman–Crippen MR) is 134 cm³/mol. The summed E-state index contributed by atoms with van der Waals surface area (Å²) in [6.07, 6.45) is -4.51. The van der Waals surface area contributed by atoms with Crippen molar-refractivity contribution in [3.63, 3.8) is 0 Å². The molecule has 11 heteroatoms. The largest absolute Gasteiger partial charge is 0.484 e. The predicted octanol–water partition coefficient (Wildman–Crippen LogP) is 3.93. The summed E-state index contributed by atoms with van der Waals surface area (Å²) in [5.74, 6) is -0.884. The lowest BCUT2D eigenvalue weighted by atomic mass is 9.99. The highest BCUT2D eigenvalue weighted by Crippen LogP contribution is 2.34. The van der Waals surface area contributed by atoms with Crippen LogP contribution in [0.1, 0.15) is 21.5 Å². The molecule has 3 aromatic carbocycles. The fourth-order valence-electron chi connectivity index (χ4n) is 4.59. The highest BCUT2D eigenvalue weighted by molar-refractivity contribution is 6.10. The molecule has 1 fully saturated rings. The van der Waals surface area contributed by atoms with E-state index in [-0.39, 0.29) is 49.0 Å². The second kappa shape index (κ2) is 10.1. The Kier molecular flexibility index (Phi) is 6.70. The Morgan fingerprint density at radius 2 is 1.77 bits per heavy atom. The molecule has 0 radical (unpaired) electrons. The minimum absolute atomic E-state index is 0.0401. The molecule has 1 unspecified atom stereocenters. The second-order valence-electron chi connectivity index (χ2n) is 9.11. The number of hydrogen-bond donors (Lipinski definition) is 1. The lowest BCUT2D eigenvalue weighted by Crippen LogP contribution is -2.60. The number of hydrogen-bond acceptors (Lipinski definition) is 5. The molecule has 2 aliphatic rings. The normalized spacial score (nSPS) is 16.9. The van der Waals surface area contributed by atoms with Crippen molar-refractivity contribution in [3.05, 3.63) is 83.4 Å². The smallest absolute Gasteiger partial charge is 0.416 e. The van der Waals surface area contributed by atoms with Gasteiger partial charge in [-0.2, -0.15) is 18.4 Å². The van der Waals surface area contributed by atoms with Crippen molar-refractivity contribution in [1.29, 1.82) is 5.26 Å². The number of amides is 3. The van der Waals surface area contributed by atoms with Gasteiger partial charge in [0.25, 0.3) is 11.8 Å². The molecule has 0 aromatic heterocycles. The number of nitriles is 1. The van der Waals surface area contributed by atoms with Crippen LogP contribution in [0.25, 0.3) is 11.1 Å². The van der Waals surface area contributed by atoms with Crippen LogP contribution in [0.4, 0.5) is 18.9 Å². The number of carbonyl (C=O) groups excluding carboxylic acids is 3. The van der Waals surface area contributed by atoms with Crippen LogP contribution in [0.2, 0.25) is 0 Å². The number of fused-ring (bicyclic) bond motifs is 2. The van der Waals surface area contributed by atoms with Crippen LogP contribution in [0.3, 0.4) is 0 Å². The Balaban J connectivity index is 1.31. The molecule has 39 heavy (non-hydrogen) atoms. The van der Waals surface area contributed by atoms with Crippen molar-refractivity contribution in [3.8, 4) is 22.9 Å². The standard InChI is InChI=1S/C28H21F3N4O4/c29-28(30,31)20-3-1-2-18(12-20)19-6-9-23-22(13-19)27(38)35-11-10-34(15-24(35)26(37)33-23)25(36)16-39-21-7-4-17(14-32)5-8-21/h1-9,12-13,24H,10-11,15-16H2,(H,33,37). The van der Waals surface area contributed by atoms with Crippen molar-refractivity contribution in [2.24, 2.45) is 0 Å². The van der Waals surface area contributed by atoms with Crippen LogP contribution in [0.15, 0.2) is 66.7 Å². The average Bonchev–Trinajstić information content (AvgIpc) is 3.05. The number of nitrogens with zero attached hydrogens (tertiary/aromatic N) is 3. The van der Waals surface area contributed by atoms with Crippen LogP contribution in [0, 0.1) is 11.3 Å². The minimum atomic E-state index is -4.51. The number of alkyl halides is 3. The van der Waals surface area contributed by atoms with Crippen LogP contribution < -0.4 is 10.1 Å². The van der Waals surface area contributed by atoms with Crippen LogP contribution in [0.5, 0.6) is 5.75 Å². The Morgan fingerprint density at radius 3 is 2.49 bits per heavy atom. The van der Waals surface area contributed by atoms with Crippen molar-refractivity contribution in [1.82, 2.24) is 9.80 Å². The number of carbonyl (C=O) groups is 3. The topological polar surface area (TPSA) is 103 Å². The van der Waals surface area contributed by atoms with Crippen LogP contribution >= 0.6 is 0 Å². The van der Waals surface area contributed by atoms with Gasteiger partial charge in [0.05, 0.1) is 35.0 Å². The first-order valence-corrected chi connectivity index (χ1v) is 12.0. The first kappa shape index (κ1) is 25.8. The zero-order valence-corrected chi connectivity index (χ0v) is 20.4. The van der Waals surface area contributed by atoms with Gasteiger partial charge < -0.3 is 19.9 Å². The Morgan fingerprint density at radius 1 is 1.03 bits per heavy atom. The van der Waals surface area contributed by atoms with Gasteiger partial charge in [-0.25, -0.2) is 0 Å². The van der Waals surface area contributed by atoms with E-state index in [1.165, 1.54) is 34.1 Å². The van der Waals surface area contributed by atoms with Crippen molar-refractivity contribution >= 4 is 23.4 Å². The molecule has 3 aromatic rings. The summed E-state index contributed by atoms with van der Waals surface area (Å²) in [6, 6.07) is 16.6. The number of anilines is 1. The van der Waals surface area contributed by atoms with E-state index in [4.69, 9.17) is 10.00 Å². The van der Waals surface area contributed by atoms with E-state index in [0.717, 1.165) is 12.1 Å². The summed E-state index contributed by atoms with van der Waals surface area (Å²) in [6.45, 7) is -0.0587. The van der Waals surface area contributed by atoms with Crippen LogP contribution in [-0.2, 0) is 15.8 Å². The zero-order valence-electron chi connectivity index (χ0n) is 20.4. The van der Waals surface area contributed by atoms with E-state index in [1.807, 2.05) is 6.07 Å². The van der Waals surface area contributed by atoms with Gasteiger partial charge >= 0.3 is 6.18 Å². The lowest BCUT2D eigenvalue weighted by molar-refractivity contribution is -0.138. The second-order valence-corrected chi connectivity index (χ2v) is 9.11. The monoisotopic (exact) mass is 534 g/mol. The maximum absolute atomic E-state index is 13.5. The molecule has 1 saturated heterocycles. The molecular weight excluding hydrogens is 513 g/mol. The molecule has 3 amide bonds. The molecule has 2 heterocycles. The number of benzene rings is 3. The molecular formula is C28H21F3N4O4. The first-order valence-electron chi connectivity index (χ1n) is 12.0. The number of ether oxygens (including phenoxy) is 1. The lowest BCUT2D eigenvalue weighted by Gasteiger charge is -2.39. The average molecular weight is 534 g/mol. The zero-order chi connectivity index (χ0) is 27.7. The highest BCUT2D eigenvalue weighted by Gasteiger charge is 2.40. The third kappa shape index (κ3) is 5.27. The van der Waals surface area contributed by atoms with Gasteiger partial charge in [-0.15, -0.1) is 0 Å². The summed E-state index contributed by atoms with van der Waals surface area (Å²) in [7, 11) is 0. The highest BCUT2D eigenvalue weighted by atomic mass is 19.4. The van der Waals surface area contributed by atoms with Crippen molar-refractivity contribution < 1.29 is 32.3 Å². The molecule has 1 atom stereocenters. The molecule has 0 spiro atoms. The molecule has 0 bridgehead atoms. The van der Waals surface area contributed by atoms with Gasteiger partial charge in [0.2, 0.25) is 5.91 Å².